The average molecular weight is 476 g/mol. The highest BCUT2D eigenvalue weighted by Crippen LogP contribution is 2.32. The van der Waals surface area contributed by atoms with E-state index in [1.807, 2.05) is 50.3 Å². The Labute approximate surface area is 204 Å². The smallest absolute Gasteiger partial charge is 0.159 e. The molecule has 6 rings (SSSR count). The van der Waals surface area contributed by atoms with Crippen LogP contribution in [-0.2, 0) is 0 Å². The van der Waals surface area contributed by atoms with Gasteiger partial charge in [0, 0.05) is 24.3 Å². The van der Waals surface area contributed by atoms with Crippen molar-refractivity contribution in [1.82, 2.24) is 19.9 Å². The molecule has 0 spiro atoms. The highest BCUT2D eigenvalue weighted by molar-refractivity contribution is 5.92. The van der Waals surface area contributed by atoms with E-state index in [0.29, 0.717) is 44.1 Å². The molecule has 0 aliphatic heterocycles. The Kier molecular flexibility index (Phi) is 4.65. The molecule has 6 aromatic rings. The summed E-state index contributed by atoms with van der Waals surface area (Å²) in [5.74, 6) is -0.937. The summed E-state index contributed by atoms with van der Waals surface area (Å²) in [6.07, 6.45) is 4.00. The number of phenols is 4. The number of rotatable bonds is 2. The van der Waals surface area contributed by atoms with E-state index in [2.05, 4.69) is 19.9 Å². The molecule has 0 radical (unpaired) electrons. The van der Waals surface area contributed by atoms with Crippen molar-refractivity contribution in [1.29, 1.82) is 0 Å². The molecule has 0 saturated heterocycles. The van der Waals surface area contributed by atoms with E-state index in [4.69, 9.17) is 0 Å². The number of nitrogens with zero attached hydrogens (tertiary/aromatic N) is 4. The zero-order chi connectivity index (χ0) is 25.1. The molecule has 0 fully saturated rings. The van der Waals surface area contributed by atoms with Gasteiger partial charge in [-0.3, -0.25) is 0 Å². The topological polar surface area (TPSA) is 132 Å². The molecule has 0 unspecified atom stereocenters. The van der Waals surface area contributed by atoms with E-state index in [9.17, 15) is 20.4 Å². The lowest BCUT2D eigenvalue weighted by molar-refractivity contribution is 0.404. The highest BCUT2D eigenvalue weighted by atomic mass is 16.3. The third-order valence-electron chi connectivity index (χ3n) is 6.28. The molecule has 4 aromatic carbocycles. The third kappa shape index (κ3) is 3.56. The molecule has 36 heavy (non-hydrogen) atoms. The third-order valence-corrected chi connectivity index (χ3v) is 6.28. The van der Waals surface area contributed by atoms with Gasteiger partial charge in [0.05, 0.1) is 44.1 Å². The fraction of sp³-hybridized carbons (Fsp3) is 0.0714. The molecule has 8 nitrogen and oxygen atoms in total. The first-order valence-electron chi connectivity index (χ1n) is 11.2. The van der Waals surface area contributed by atoms with Gasteiger partial charge < -0.3 is 20.4 Å². The summed E-state index contributed by atoms with van der Waals surface area (Å²) < 4.78 is 0. The molecule has 0 amide bonds. The molecular weight excluding hydrogens is 456 g/mol. The van der Waals surface area contributed by atoms with Gasteiger partial charge in [-0.15, -0.1) is 0 Å². The summed E-state index contributed by atoms with van der Waals surface area (Å²) in [4.78, 5) is 18.4. The quantitative estimate of drug-likeness (QED) is 0.147. The molecular formula is C28H20N4O4. The van der Waals surface area contributed by atoms with Crippen molar-refractivity contribution >= 4 is 56.3 Å². The minimum atomic E-state index is -0.238. The van der Waals surface area contributed by atoms with Crippen molar-refractivity contribution in [3.05, 3.63) is 70.8 Å². The fourth-order valence-corrected chi connectivity index (χ4v) is 4.28. The van der Waals surface area contributed by atoms with Crippen LogP contribution in [-0.4, -0.2) is 40.4 Å². The molecule has 0 aliphatic rings. The Bertz CT molecular complexity index is 1780. The molecule has 0 bridgehead atoms. The second-order valence-corrected chi connectivity index (χ2v) is 8.83. The first kappa shape index (κ1) is 21.5. The Morgan fingerprint density at radius 3 is 0.972 bits per heavy atom. The average Bonchev–Trinajstić information content (AvgIpc) is 2.82. The number of aromatic hydroxyl groups is 4. The predicted molar refractivity (Wildman–Crippen MR) is 139 cm³/mol. The molecule has 0 saturated carbocycles. The van der Waals surface area contributed by atoms with E-state index >= 15 is 0 Å². The normalized spacial score (nSPS) is 11.9. The van der Waals surface area contributed by atoms with Crippen molar-refractivity contribution in [2.45, 2.75) is 13.8 Å². The van der Waals surface area contributed by atoms with Gasteiger partial charge in [-0.25, -0.2) is 19.9 Å². The van der Waals surface area contributed by atoms with E-state index in [1.165, 1.54) is 24.3 Å². The summed E-state index contributed by atoms with van der Waals surface area (Å²) >= 11 is 0. The van der Waals surface area contributed by atoms with Crippen LogP contribution in [0.25, 0.3) is 56.3 Å². The number of hydrogen-bond acceptors (Lipinski definition) is 8. The lowest BCUT2D eigenvalue weighted by Gasteiger charge is -2.08. The van der Waals surface area contributed by atoms with Crippen molar-refractivity contribution in [2.24, 2.45) is 0 Å². The Hall–Kier alpha value is -4.98. The molecule has 4 N–H and O–H groups in total. The van der Waals surface area contributed by atoms with Gasteiger partial charge in [-0.2, -0.15) is 0 Å². The first-order valence-corrected chi connectivity index (χ1v) is 11.2. The van der Waals surface area contributed by atoms with Crippen LogP contribution in [0.3, 0.4) is 0 Å². The molecule has 176 valence electrons. The van der Waals surface area contributed by atoms with Crippen LogP contribution in [0.1, 0.15) is 22.3 Å². The van der Waals surface area contributed by atoms with E-state index in [-0.39, 0.29) is 23.0 Å². The van der Waals surface area contributed by atoms with Gasteiger partial charge in [0.2, 0.25) is 0 Å². The Balaban J connectivity index is 1.43. The monoisotopic (exact) mass is 476 g/mol. The van der Waals surface area contributed by atoms with Gasteiger partial charge >= 0.3 is 0 Å². The minimum absolute atomic E-state index is 0.231. The zero-order valence-corrected chi connectivity index (χ0v) is 19.4. The number of fused-ring (bicyclic) bond motifs is 4. The van der Waals surface area contributed by atoms with E-state index < -0.39 is 0 Å². The SMILES string of the molecule is Cc1cc2nc3cc(O)c(O)cc3nc2cc1/C=C\c1cc2nc3cc(O)c(O)cc3nc2cc1C. The minimum Gasteiger partial charge on any atom is -0.504 e. The van der Waals surface area contributed by atoms with E-state index in [1.54, 1.807) is 0 Å². The van der Waals surface area contributed by atoms with Crippen molar-refractivity contribution in [3.63, 3.8) is 0 Å². The van der Waals surface area contributed by atoms with Gasteiger partial charge in [-0.05, 0) is 60.4 Å². The summed E-state index contributed by atoms with van der Waals surface area (Å²) in [5, 5.41) is 39.2. The van der Waals surface area contributed by atoms with Crippen LogP contribution in [0.15, 0.2) is 48.5 Å². The van der Waals surface area contributed by atoms with Crippen LogP contribution < -0.4 is 0 Å². The zero-order valence-electron chi connectivity index (χ0n) is 19.4. The van der Waals surface area contributed by atoms with Gasteiger partial charge in [0.25, 0.3) is 0 Å². The van der Waals surface area contributed by atoms with Gasteiger partial charge in [-0.1, -0.05) is 12.2 Å². The number of hydrogen-bond donors (Lipinski definition) is 4. The lowest BCUT2D eigenvalue weighted by atomic mass is 10.0. The van der Waals surface area contributed by atoms with Gasteiger partial charge in [0.1, 0.15) is 0 Å². The van der Waals surface area contributed by atoms with Crippen LogP contribution in [0.5, 0.6) is 23.0 Å². The largest absolute Gasteiger partial charge is 0.504 e. The second-order valence-electron chi connectivity index (χ2n) is 8.83. The molecule has 0 aliphatic carbocycles. The highest BCUT2D eigenvalue weighted by Gasteiger charge is 2.10. The van der Waals surface area contributed by atoms with Crippen LogP contribution in [0, 0.1) is 13.8 Å². The first-order chi connectivity index (χ1) is 17.2. The van der Waals surface area contributed by atoms with Crippen LogP contribution in [0.4, 0.5) is 0 Å². The van der Waals surface area contributed by atoms with Crippen molar-refractivity contribution < 1.29 is 20.4 Å². The van der Waals surface area contributed by atoms with E-state index in [0.717, 1.165) is 22.3 Å². The Morgan fingerprint density at radius 1 is 0.417 bits per heavy atom. The maximum Gasteiger partial charge on any atom is 0.159 e. The molecule has 8 heteroatoms. The fourth-order valence-electron chi connectivity index (χ4n) is 4.28. The lowest BCUT2D eigenvalue weighted by Crippen LogP contribution is -1.92. The maximum absolute atomic E-state index is 9.82. The summed E-state index contributed by atoms with van der Waals surface area (Å²) in [6.45, 7) is 3.98. The predicted octanol–water partition coefficient (Wildman–Crippen LogP) is 5.49. The molecule has 2 aromatic heterocycles. The Morgan fingerprint density at radius 2 is 0.667 bits per heavy atom. The van der Waals surface area contributed by atoms with Crippen LogP contribution >= 0.6 is 0 Å². The molecule has 0 atom stereocenters. The number of aromatic nitrogens is 4. The number of benzene rings is 4. The number of phenolic OH excluding ortho intramolecular Hbond substituents is 4. The summed E-state index contributed by atoms with van der Waals surface area (Å²) in [6, 6.07) is 13.4. The number of aryl methyl sites for hydroxylation is 2. The summed E-state index contributed by atoms with van der Waals surface area (Å²) in [7, 11) is 0. The maximum atomic E-state index is 9.82. The second kappa shape index (κ2) is 7.78. The summed E-state index contributed by atoms with van der Waals surface area (Å²) in [5.41, 5.74) is 8.67. The van der Waals surface area contributed by atoms with Crippen LogP contribution in [0.2, 0.25) is 0 Å². The standard InChI is InChI=1S/C28H20N4O4/c1-13-5-17-19(31-23-11-27(35)25(33)9-21(23)29-17)7-15(13)3-4-16-8-20-18(6-14(16)2)30-22-10-26(34)28(36)12-24(22)32-20/h3-12,33-36H,1-2H3/b4-3-. The van der Waals surface area contributed by atoms with Gasteiger partial charge in [0.15, 0.2) is 23.0 Å². The van der Waals surface area contributed by atoms with Crippen molar-refractivity contribution in [2.75, 3.05) is 0 Å². The van der Waals surface area contributed by atoms with Crippen molar-refractivity contribution in [3.8, 4) is 23.0 Å². The molecule has 2 heterocycles.